The Kier molecular flexibility index (Phi) is 3.94. The van der Waals surface area contributed by atoms with E-state index in [1.165, 1.54) is 6.07 Å². The first-order valence-electron chi connectivity index (χ1n) is 8.07. The molecular formula is C19H18FNO3. The minimum absolute atomic E-state index is 0.179. The summed E-state index contributed by atoms with van der Waals surface area (Å²) in [7, 11) is 0. The van der Waals surface area contributed by atoms with E-state index in [1.807, 2.05) is 30.3 Å². The van der Waals surface area contributed by atoms with Gasteiger partial charge in [-0.2, -0.15) is 0 Å². The Labute approximate surface area is 139 Å². The molecule has 124 valence electrons. The Balaban J connectivity index is 1.35. The fourth-order valence-electron chi connectivity index (χ4n) is 3.45. The van der Waals surface area contributed by atoms with Gasteiger partial charge in [-0.25, -0.2) is 9.18 Å². The lowest BCUT2D eigenvalue weighted by molar-refractivity contribution is 0.155. The molecule has 1 aliphatic carbocycles. The van der Waals surface area contributed by atoms with Crippen LogP contribution in [0.25, 0.3) is 0 Å². The van der Waals surface area contributed by atoms with Gasteiger partial charge in [-0.1, -0.05) is 36.4 Å². The summed E-state index contributed by atoms with van der Waals surface area (Å²) in [6, 6.07) is 14.2. The summed E-state index contributed by atoms with van der Waals surface area (Å²) < 4.78 is 24.8. The molecule has 0 bridgehead atoms. The van der Waals surface area contributed by atoms with Gasteiger partial charge >= 0.3 is 6.09 Å². The fraction of sp³-hybridized carbons (Fsp3) is 0.316. The first kappa shape index (κ1) is 15.1. The number of halogens is 1. The maximum absolute atomic E-state index is 14.3. The molecule has 5 heteroatoms. The highest BCUT2D eigenvalue weighted by atomic mass is 19.1. The van der Waals surface area contributed by atoms with Crippen molar-refractivity contribution in [3.8, 4) is 0 Å². The maximum atomic E-state index is 14.3. The number of hydrogen-bond donors (Lipinski definition) is 1. The monoisotopic (exact) mass is 327 g/mol. The molecular weight excluding hydrogens is 309 g/mol. The quantitative estimate of drug-likeness (QED) is 0.925. The molecule has 2 fully saturated rings. The fourth-order valence-corrected chi connectivity index (χ4v) is 3.45. The molecule has 0 unspecified atom stereocenters. The van der Waals surface area contributed by atoms with Crippen molar-refractivity contribution in [1.29, 1.82) is 0 Å². The van der Waals surface area contributed by atoms with Crippen LogP contribution in [-0.4, -0.2) is 19.3 Å². The van der Waals surface area contributed by atoms with Crippen LogP contribution < -0.4 is 5.32 Å². The molecule has 4 rings (SSSR count). The van der Waals surface area contributed by atoms with Gasteiger partial charge in [0.1, 0.15) is 12.4 Å². The first-order valence-corrected chi connectivity index (χ1v) is 8.07. The lowest BCUT2D eigenvalue weighted by Crippen LogP contribution is -2.13. The van der Waals surface area contributed by atoms with Crippen molar-refractivity contribution in [2.45, 2.75) is 12.5 Å². The lowest BCUT2D eigenvalue weighted by atomic mass is 10.1. The van der Waals surface area contributed by atoms with Gasteiger partial charge in [0.15, 0.2) is 0 Å². The van der Waals surface area contributed by atoms with Crippen molar-refractivity contribution in [1.82, 2.24) is 0 Å². The molecule has 2 aromatic carbocycles. The van der Waals surface area contributed by atoms with Crippen LogP contribution in [0.4, 0.5) is 14.9 Å². The summed E-state index contributed by atoms with van der Waals surface area (Å²) in [6.45, 7) is 1.62. The van der Waals surface area contributed by atoms with Gasteiger partial charge in [-0.3, -0.25) is 5.32 Å². The largest absolute Gasteiger partial charge is 0.444 e. The van der Waals surface area contributed by atoms with Crippen LogP contribution in [0.15, 0.2) is 48.5 Å². The molecule has 1 aliphatic heterocycles. The topological polar surface area (TPSA) is 47.6 Å². The summed E-state index contributed by atoms with van der Waals surface area (Å²) in [5.74, 6) is 0.886. The minimum atomic E-state index is -0.595. The molecule has 1 saturated carbocycles. The van der Waals surface area contributed by atoms with E-state index in [1.54, 1.807) is 12.1 Å². The number of amides is 1. The van der Waals surface area contributed by atoms with Gasteiger partial charge in [0.2, 0.25) is 0 Å². The van der Waals surface area contributed by atoms with E-state index >= 15 is 0 Å². The Morgan fingerprint density at radius 3 is 2.62 bits per heavy atom. The lowest BCUT2D eigenvalue weighted by Gasteiger charge is -2.10. The van der Waals surface area contributed by atoms with Crippen LogP contribution in [0.2, 0.25) is 0 Å². The molecule has 1 saturated heterocycles. The van der Waals surface area contributed by atoms with Crippen LogP contribution in [0.3, 0.4) is 0 Å². The molecule has 0 aromatic heterocycles. The Bertz CT molecular complexity index is 740. The number of anilines is 1. The molecule has 4 nitrogen and oxygen atoms in total. The minimum Gasteiger partial charge on any atom is -0.444 e. The van der Waals surface area contributed by atoms with E-state index in [0.29, 0.717) is 17.5 Å². The van der Waals surface area contributed by atoms with E-state index in [9.17, 15) is 9.18 Å². The third-order valence-electron chi connectivity index (χ3n) is 4.77. The van der Waals surface area contributed by atoms with E-state index in [2.05, 4.69) is 5.32 Å². The second-order valence-corrected chi connectivity index (χ2v) is 6.31. The van der Waals surface area contributed by atoms with Crippen molar-refractivity contribution < 1.29 is 18.7 Å². The number of carbonyl (C=O) groups excluding carboxylic acids is 1. The molecule has 1 heterocycles. The van der Waals surface area contributed by atoms with Gasteiger partial charge in [0, 0.05) is 5.69 Å². The van der Waals surface area contributed by atoms with E-state index < -0.39 is 6.09 Å². The molecule has 24 heavy (non-hydrogen) atoms. The van der Waals surface area contributed by atoms with Crippen LogP contribution in [0.5, 0.6) is 0 Å². The zero-order valence-corrected chi connectivity index (χ0v) is 13.1. The van der Waals surface area contributed by atoms with Crippen molar-refractivity contribution >= 4 is 11.8 Å². The molecule has 3 atom stereocenters. The summed E-state index contributed by atoms with van der Waals surface area (Å²) in [5, 5.41) is 2.56. The van der Waals surface area contributed by atoms with Gasteiger partial charge < -0.3 is 9.47 Å². The van der Waals surface area contributed by atoms with Crippen LogP contribution >= 0.6 is 0 Å². The van der Waals surface area contributed by atoms with Crippen molar-refractivity contribution in [2.24, 2.45) is 11.8 Å². The van der Waals surface area contributed by atoms with Gasteiger partial charge in [0.25, 0.3) is 0 Å². The number of rotatable bonds is 4. The summed E-state index contributed by atoms with van der Waals surface area (Å²) in [6.07, 6.45) is -0.595. The number of nitrogens with one attached hydrogen (secondary N) is 1. The Hall–Kier alpha value is -2.40. The predicted molar refractivity (Wildman–Crippen MR) is 87.2 cm³/mol. The standard InChI is InChI=1S/C19H18FNO3/c20-17-8-13(6-7-14(17)18-15-10-23-11-16(15)18)21-19(22)24-9-12-4-2-1-3-5-12/h1-8,15-16,18H,9-11H2,(H,21,22)/t15-,16+,18+. The van der Waals surface area contributed by atoms with Crippen molar-refractivity contribution in [3.05, 3.63) is 65.5 Å². The smallest absolute Gasteiger partial charge is 0.411 e. The highest BCUT2D eigenvalue weighted by Gasteiger charge is 2.55. The number of benzene rings is 2. The SMILES string of the molecule is O=C(Nc1ccc([C@H]2[C@@H]3COC[C@@H]32)c(F)c1)OCc1ccccc1. The number of hydrogen-bond acceptors (Lipinski definition) is 3. The van der Waals surface area contributed by atoms with Crippen LogP contribution in [-0.2, 0) is 16.1 Å². The highest BCUT2D eigenvalue weighted by molar-refractivity contribution is 5.84. The molecule has 1 amide bonds. The maximum Gasteiger partial charge on any atom is 0.411 e. The number of carbonyl (C=O) groups is 1. The summed E-state index contributed by atoms with van der Waals surface area (Å²) in [4.78, 5) is 11.8. The van der Waals surface area contributed by atoms with Gasteiger partial charge in [-0.15, -0.1) is 0 Å². The molecule has 0 radical (unpaired) electrons. The van der Waals surface area contributed by atoms with Crippen molar-refractivity contribution in [3.63, 3.8) is 0 Å². The average Bonchev–Trinajstić information content (AvgIpc) is 3.05. The zero-order chi connectivity index (χ0) is 16.5. The Morgan fingerprint density at radius 2 is 1.92 bits per heavy atom. The third kappa shape index (κ3) is 2.99. The molecule has 0 spiro atoms. The van der Waals surface area contributed by atoms with E-state index in [0.717, 1.165) is 24.3 Å². The van der Waals surface area contributed by atoms with E-state index in [4.69, 9.17) is 9.47 Å². The summed E-state index contributed by atoms with van der Waals surface area (Å²) >= 11 is 0. The predicted octanol–water partition coefficient (Wildman–Crippen LogP) is 3.93. The first-order chi connectivity index (χ1) is 11.7. The Morgan fingerprint density at radius 1 is 1.17 bits per heavy atom. The molecule has 2 aliphatic rings. The molecule has 2 aromatic rings. The second kappa shape index (κ2) is 6.24. The second-order valence-electron chi connectivity index (χ2n) is 6.31. The number of fused-ring (bicyclic) bond motifs is 1. The van der Waals surface area contributed by atoms with E-state index in [-0.39, 0.29) is 18.3 Å². The summed E-state index contributed by atoms with van der Waals surface area (Å²) in [5.41, 5.74) is 2.02. The van der Waals surface area contributed by atoms with Crippen LogP contribution in [0.1, 0.15) is 17.0 Å². The third-order valence-corrected chi connectivity index (χ3v) is 4.77. The molecule has 1 N–H and O–H groups in total. The highest BCUT2D eigenvalue weighted by Crippen LogP contribution is 2.57. The normalized spacial score (nSPS) is 24.3. The average molecular weight is 327 g/mol. The van der Waals surface area contributed by atoms with Crippen molar-refractivity contribution in [2.75, 3.05) is 18.5 Å². The number of ether oxygens (including phenoxy) is 2. The van der Waals surface area contributed by atoms with Gasteiger partial charge in [0.05, 0.1) is 13.2 Å². The van der Waals surface area contributed by atoms with Crippen LogP contribution in [0, 0.1) is 17.7 Å². The zero-order valence-electron chi connectivity index (χ0n) is 13.1. The van der Waals surface area contributed by atoms with Gasteiger partial charge in [-0.05, 0) is 41.0 Å².